The zero-order chi connectivity index (χ0) is 24.5. The number of aryl methyl sites for hydroxylation is 1. The van der Waals surface area contributed by atoms with E-state index < -0.39 is 5.97 Å². The molecule has 0 aliphatic carbocycles. The maximum atomic E-state index is 12.9. The highest BCUT2D eigenvalue weighted by Gasteiger charge is 2.26. The molecule has 0 saturated heterocycles. The van der Waals surface area contributed by atoms with Crippen LogP contribution in [-0.2, 0) is 27.2 Å². The number of hydrogen-bond acceptors (Lipinski definition) is 7. The Balaban J connectivity index is 1.99. The molecule has 2 aromatic heterocycles. The number of fused-ring (bicyclic) bond motifs is 1. The number of hydrogen-bond donors (Lipinski definition) is 3. The lowest BCUT2D eigenvalue weighted by Gasteiger charge is -2.14. The van der Waals surface area contributed by atoms with Gasteiger partial charge in [-0.3, -0.25) is 4.79 Å². The lowest BCUT2D eigenvalue weighted by atomic mass is 10.1. The molecule has 1 aromatic carbocycles. The van der Waals surface area contributed by atoms with E-state index in [0.29, 0.717) is 48.4 Å². The van der Waals surface area contributed by atoms with Crippen LogP contribution in [0.2, 0.25) is 0 Å². The molecule has 9 nitrogen and oxygen atoms in total. The molecule has 3 N–H and O–H groups in total. The molecule has 1 atom stereocenters. The van der Waals surface area contributed by atoms with E-state index in [0.717, 1.165) is 5.56 Å². The number of pyridine rings is 1. The molecule has 34 heavy (non-hydrogen) atoms. The molecule has 0 saturated carbocycles. The van der Waals surface area contributed by atoms with Crippen LogP contribution in [0.1, 0.15) is 35.8 Å². The first kappa shape index (κ1) is 25.2. The predicted octanol–water partition coefficient (Wildman–Crippen LogP) is 3.22. The largest absolute Gasteiger partial charge is 0.464 e. The second-order valence-corrected chi connectivity index (χ2v) is 8.05. The molecule has 3 rings (SSSR count). The summed E-state index contributed by atoms with van der Waals surface area (Å²) in [6.07, 6.45) is 3.07. The van der Waals surface area contributed by atoms with Gasteiger partial charge in [0.05, 0.1) is 31.3 Å². The standard InChI is InChI=1S/C25H32N4O5/c1-17(11-13-30)27-19-15-20-22(28-21(31)10-9-18-7-5-4-6-8-18)23(25(32)34-3)29(12-14-33-2)24(20)26-16-19/h4-8,15-17,27,30H,9-14H2,1-3H3,(H,28,31)/t17-/m0/s1. The molecule has 182 valence electrons. The first-order valence-corrected chi connectivity index (χ1v) is 11.3. The maximum absolute atomic E-state index is 12.9. The van der Waals surface area contributed by atoms with Crippen molar-refractivity contribution < 1.29 is 24.2 Å². The van der Waals surface area contributed by atoms with Gasteiger partial charge in [0, 0.05) is 38.1 Å². The van der Waals surface area contributed by atoms with E-state index in [4.69, 9.17) is 9.47 Å². The molecule has 0 radical (unpaired) electrons. The highest BCUT2D eigenvalue weighted by Crippen LogP contribution is 2.33. The summed E-state index contributed by atoms with van der Waals surface area (Å²) < 4.78 is 12.0. The van der Waals surface area contributed by atoms with Gasteiger partial charge in [-0.1, -0.05) is 30.3 Å². The van der Waals surface area contributed by atoms with Gasteiger partial charge in [-0.15, -0.1) is 0 Å². The number of rotatable bonds is 12. The molecule has 3 aromatic rings. The summed E-state index contributed by atoms with van der Waals surface area (Å²) in [7, 11) is 2.88. The molecule has 0 spiro atoms. The fourth-order valence-corrected chi connectivity index (χ4v) is 3.79. The summed E-state index contributed by atoms with van der Waals surface area (Å²) in [5.41, 5.74) is 2.89. The van der Waals surface area contributed by atoms with Gasteiger partial charge in [0.25, 0.3) is 0 Å². The molecule has 0 fully saturated rings. The van der Waals surface area contributed by atoms with Crippen LogP contribution in [-0.4, -0.2) is 60.0 Å². The fourth-order valence-electron chi connectivity index (χ4n) is 3.79. The van der Waals surface area contributed by atoms with Gasteiger partial charge >= 0.3 is 5.97 Å². The molecule has 1 amide bonds. The zero-order valence-electron chi connectivity index (χ0n) is 19.8. The second-order valence-electron chi connectivity index (χ2n) is 8.05. The third-order valence-corrected chi connectivity index (χ3v) is 5.52. The molecule has 0 unspecified atom stereocenters. The minimum atomic E-state index is -0.573. The van der Waals surface area contributed by atoms with Gasteiger partial charge in [-0.2, -0.15) is 0 Å². The minimum absolute atomic E-state index is 0.0174. The van der Waals surface area contributed by atoms with Crippen molar-refractivity contribution in [2.45, 2.75) is 38.8 Å². The smallest absolute Gasteiger partial charge is 0.356 e. The number of carbonyl (C=O) groups is 2. The van der Waals surface area contributed by atoms with Gasteiger partial charge in [0.15, 0.2) is 5.69 Å². The Morgan fingerprint density at radius 2 is 1.97 bits per heavy atom. The highest BCUT2D eigenvalue weighted by molar-refractivity contribution is 6.11. The molecular weight excluding hydrogens is 436 g/mol. The van der Waals surface area contributed by atoms with E-state index in [1.807, 2.05) is 43.3 Å². The van der Waals surface area contributed by atoms with Crippen LogP contribution in [0.3, 0.4) is 0 Å². The third kappa shape index (κ3) is 6.12. The number of carbonyl (C=O) groups excluding carboxylic acids is 2. The summed E-state index contributed by atoms with van der Waals surface area (Å²) in [6, 6.07) is 11.6. The Hall–Kier alpha value is -3.43. The van der Waals surface area contributed by atoms with Gasteiger partial charge in [-0.25, -0.2) is 9.78 Å². The monoisotopic (exact) mass is 468 g/mol. The Morgan fingerprint density at radius 1 is 1.21 bits per heavy atom. The third-order valence-electron chi connectivity index (χ3n) is 5.52. The lowest BCUT2D eigenvalue weighted by molar-refractivity contribution is -0.116. The summed E-state index contributed by atoms with van der Waals surface area (Å²) in [6.45, 7) is 2.73. The number of methoxy groups -OCH3 is 2. The van der Waals surface area contributed by atoms with Crippen molar-refractivity contribution in [3.63, 3.8) is 0 Å². The van der Waals surface area contributed by atoms with E-state index in [-0.39, 0.29) is 30.7 Å². The lowest BCUT2D eigenvalue weighted by Crippen LogP contribution is -2.18. The van der Waals surface area contributed by atoms with E-state index in [2.05, 4.69) is 15.6 Å². The number of esters is 1. The van der Waals surface area contributed by atoms with Crippen LogP contribution < -0.4 is 10.6 Å². The van der Waals surface area contributed by atoms with Crippen LogP contribution in [0.25, 0.3) is 11.0 Å². The SMILES string of the molecule is COCCn1c(C(=O)OC)c(NC(=O)CCc2ccccc2)c2cc(N[C@@H](C)CCO)cnc21. The summed E-state index contributed by atoms with van der Waals surface area (Å²) in [4.78, 5) is 30.3. The Bertz CT molecular complexity index is 1110. The van der Waals surface area contributed by atoms with Crippen LogP contribution in [0.5, 0.6) is 0 Å². The summed E-state index contributed by atoms with van der Waals surface area (Å²) in [5, 5.41) is 16.0. The van der Waals surface area contributed by atoms with E-state index in [9.17, 15) is 14.7 Å². The van der Waals surface area contributed by atoms with Gasteiger partial charge in [0.1, 0.15) is 5.65 Å². The second kappa shape index (κ2) is 12.2. The topological polar surface area (TPSA) is 115 Å². The highest BCUT2D eigenvalue weighted by atomic mass is 16.5. The predicted molar refractivity (Wildman–Crippen MR) is 131 cm³/mol. The van der Waals surface area contributed by atoms with E-state index >= 15 is 0 Å². The van der Waals surface area contributed by atoms with Crippen LogP contribution in [0, 0.1) is 0 Å². The zero-order valence-corrected chi connectivity index (χ0v) is 19.8. The van der Waals surface area contributed by atoms with Crippen LogP contribution >= 0.6 is 0 Å². The number of benzene rings is 1. The average Bonchev–Trinajstić information content (AvgIpc) is 3.14. The van der Waals surface area contributed by atoms with Crippen LogP contribution in [0.15, 0.2) is 42.6 Å². The normalized spacial score (nSPS) is 11.9. The Morgan fingerprint density at radius 3 is 2.65 bits per heavy atom. The van der Waals surface area contributed by atoms with Gasteiger partial charge in [0.2, 0.25) is 5.91 Å². The van der Waals surface area contributed by atoms with Crippen LogP contribution in [0.4, 0.5) is 11.4 Å². The van der Waals surface area contributed by atoms with Gasteiger partial charge in [-0.05, 0) is 31.4 Å². The molecule has 9 heteroatoms. The van der Waals surface area contributed by atoms with E-state index in [1.54, 1.807) is 17.9 Å². The first-order chi connectivity index (χ1) is 16.5. The first-order valence-electron chi connectivity index (χ1n) is 11.3. The maximum Gasteiger partial charge on any atom is 0.356 e. The van der Waals surface area contributed by atoms with Crippen molar-refractivity contribution in [1.29, 1.82) is 0 Å². The Kier molecular flexibility index (Phi) is 9.00. The number of anilines is 2. The molecule has 0 aliphatic rings. The molecular formula is C25H32N4O5. The number of nitrogens with zero attached hydrogens (tertiary/aromatic N) is 2. The van der Waals surface area contributed by atoms with Crippen molar-refractivity contribution in [2.75, 3.05) is 38.1 Å². The van der Waals surface area contributed by atoms with Gasteiger partial charge < -0.3 is 29.8 Å². The Labute approximate surface area is 199 Å². The molecule has 2 heterocycles. The quantitative estimate of drug-likeness (QED) is 0.350. The summed E-state index contributed by atoms with van der Waals surface area (Å²) in [5.74, 6) is -0.789. The number of ether oxygens (including phenoxy) is 2. The van der Waals surface area contributed by atoms with Crippen molar-refractivity contribution in [1.82, 2.24) is 9.55 Å². The minimum Gasteiger partial charge on any atom is -0.464 e. The molecule has 0 aliphatic heterocycles. The van der Waals surface area contributed by atoms with E-state index in [1.165, 1.54) is 7.11 Å². The van der Waals surface area contributed by atoms with Crippen molar-refractivity contribution >= 4 is 34.3 Å². The summed E-state index contributed by atoms with van der Waals surface area (Å²) >= 11 is 0. The number of aliphatic hydroxyl groups is 1. The fraction of sp³-hybridized carbons (Fsp3) is 0.400. The average molecular weight is 469 g/mol. The number of aliphatic hydroxyl groups excluding tert-OH is 1. The number of nitrogens with one attached hydrogen (secondary N) is 2. The molecule has 0 bridgehead atoms. The van der Waals surface area contributed by atoms with Crippen molar-refractivity contribution in [3.8, 4) is 0 Å². The number of amides is 1. The number of aromatic nitrogens is 2. The van der Waals surface area contributed by atoms with Crippen molar-refractivity contribution in [2.24, 2.45) is 0 Å². The van der Waals surface area contributed by atoms with Crippen molar-refractivity contribution in [3.05, 3.63) is 53.9 Å².